The first-order valence-corrected chi connectivity index (χ1v) is 7.66. The van der Waals surface area contributed by atoms with Gasteiger partial charge in [-0.05, 0) is 31.9 Å². The van der Waals surface area contributed by atoms with Crippen LogP contribution in [0.1, 0.15) is 46.0 Å². The van der Waals surface area contributed by atoms with Gasteiger partial charge in [0, 0.05) is 12.8 Å². The van der Waals surface area contributed by atoms with Gasteiger partial charge in [0.25, 0.3) is 0 Å². The third-order valence-corrected chi connectivity index (χ3v) is 4.62. The summed E-state index contributed by atoms with van der Waals surface area (Å²) >= 11 is 0. The van der Waals surface area contributed by atoms with E-state index in [1.807, 2.05) is 0 Å². The molecule has 1 fully saturated rings. The van der Waals surface area contributed by atoms with Crippen LogP contribution in [0.5, 0.6) is 0 Å². The number of para-hydroxylation sites is 1. The monoisotopic (exact) mass is 260 g/mol. The standard InChI is InChI=1S/C17H26NO/c1-3-4-8-13-18(16-10-6-5-7-11-16)14-9-12-17(19)15(18)2/h5-7,10-11,15H,3-4,8-9,12-14H2,1-2H3/q+1. The molecule has 2 nitrogen and oxygen atoms in total. The second-order valence-corrected chi connectivity index (χ2v) is 5.77. The van der Waals surface area contributed by atoms with Crippen molar-refractivity contribution in [3.63, 3.8) is 0 Å². The van der Waals surface area contributed by atoms with E-state index < -0.39 is 0 Å². The number of hydrogen-bond acceptors (Lipinski definition) is 1. The van der Waals surface area contributed by atoms with Gasteiger partial charge in [-0.15, -0.1) is 0 Å². The predicted octanol–water partition coefficient (Wildman–Crippen LogP) is 3.94. The van der Waals surface area contributed by atoms with E-state index >= 15 is 0 Å². The van der Waals surface area contributed by atoms with Gasteiger partial charge >= 0.3 is 0 Å². The lowest BCUT2D eigenvalue weighted by molar-refractivity contribution is -0.125. The maximum Gasteiger partial charge on any atom is 0.190 e. The largest absolute Gasteiger partial charge is 0.293 e. The van der Waals surface area contributed by atoms with Crippen LogP contribution >= 0.6 is 0 Å². The van der Waals surface area contributed by atoms with Crippen molar-refractivity contribution in [3.8, 4) is 0 Å². The van der Waals surface area contributed by atoms with E-state index in [-0.39, 0.29) is 6.04 Å². The van der Waals surface area contributed by atoms with Gasteiger partial charge in [0.05, 0.1) is 13.1 Å². The molecule has 2 unspecified atom stereocenters. The smallest absolute Gasteiger partial charge is 0.190 e. The average Bonchev–Trinajstić information content (AvgIpc) is 2.45. The Balaban J connectivity index is 2.29. The normalized spacial score (nSPS) is 27.5. The Morgan fingerprint density at radius 1 is 1.21 bits per heavy atom. The van der Waals surface area contributed by atoms with Crippen molar-refractivity contribution in [1.29, 1.82) is 0 Å². The number of piperidine rings is 1. The summed E-state index contributed by atoms with van der Waals surface area (Å²) in [6.45, 7) is 6.57. The van der Waals surface area contributed by atoms with Crippen LogP contribution < -0.4 is 4.48 Å². The number of Topliss-reactive ketones (excluding diaryl/α,β-unsaturated/α-hetero) is 1. The fourth-order valence-corrected chi connectivity index (χ4v) is 3.37. The Hall–Kier alpha value is -1.15. The molecule has 0 amide bonds. The molecule has 1 saturated heterocycles. The zero-order chi connectivity index (χ0) is 13.7. The highest BCUT2D eigenvalue weighted by atomic mass is 16.1. The molecule has 1 aliphatic heterocycles. The van der Waals surface area contributed by atoms with Crippen molar-refractivity contribution >= 4 is 11.5 Å². The van der Waals surface area contributed by atoms with Crippen molar-refractivity contribution in [2.45, 2.75) is 52.0 Å². The minimum atomic E-state index is 0.119. The van der Waals surface area contributed by atoms with Crippen molar-refractivity contribution < 1.29 is 4.79 Å². The molecule has 1 heterocycles. The molecule has 0 bridgehead atoms. The van der Waals surface area contributed by atoms with Gasteiger partial charge in [0.15, 0.2) is 5.78 Å². The molecule has 0 N–H and O–H groups in total. The topological polar surface area (TPSA) is 17.1 Å². The first-order chi connectivity index (χ1) is 9.20. The first kappa shape index (κ1) is 14.3. The van der Waals surface area contributed by atoms with Gasteiger partial charge in [-0.25, -0.2) is 0 Å². The minimum Gasteiger partial charge on any atom is -0.293 e. The van der Waals surface area contributed by atoms with Crippen LogP contribution in [-0.4, -0.2) is 24.9 Å². The first-order valence-electron chi connectivity index (χ1n) is 7.66. The zero-order valence-electron chi connectivity index (χ0n) is 12.3. The highest BCUT2D eigenvalue weighted by molar-refractivity contribution is 5.86. The van der Waals surface area contributed by atoms with Gasteiger partial charge in [0.1, 0.15) is 11.7 Å². The Labute approximate surface area is 117 Å². The number of hydrogen-bond donors (Lipinski definition) is 0. The molecule has 1 aromatic carbocycles. The second kappa shape index (κ2) is 6.33. The molecule has 0 saturated carbocycles. The van der Waals surface area contributed by atoms with E-state index in [2.05, 4.69) is 44.2 Å². The van der Waals surface area contributed by atoms with E-state index in [0.717, 1.165) is 30.4 Å². The quantitative estimate of drug-likeness (QED) is 0.579. The Morgan fingerprint density at radius 2 is 1.95 bits per heavy atom. The SMILES string of the molecule is CCCCC[N+]1(c2ccccc2)CCCC(=O)C1C. The summed E-state index contributed by atoms with van der Waals surface area (Å²) < 4.78 is 0.875. The average molecular weight is 260 g/mol. The maximum atomic E-state index is 12.2. The van der Waals surface area contributed by atoms with Crippen LogP contribution in [0.2, 0.25) is 0 Å². The summed E-state index contributed by atoms with van der Waals surface area (Å²) in [6.07, 6.45) is 5.50. The number of quaternary nitrogens is 1. The van der Waals surface area contributed by atoms with Crippen molar-refractivity contribution in [2.75, 3.05) is 13.1 Å². The number of likely N-dealkylation sites (tertiary alicyclic amines) is 1. The van der Waals surface area contributed by atoms with Crippen LogP contribution in [0.4, 0.5) is 5.69 Å². The second-order valence-electron chi connectivity index (χ2n) is 5.77. The third-order valence-electron chi connectivity index (χ3n) is 4.62. The molecule has 0 radical (unpaired) electrons. The molecule has 1 aromatic rings. The van der Waals surface area contributed by atoms with E-state index in [1.165, 1.54) is 24.9 Å². The Kier molecular flexibility index (Phi) is 4.76. The van der Waals surface area contributed by atoms with Gasteiger partial charge in [0.2, 0.25) is 0 Å². The van der Waals surface area contributed by atoms with Crippen LogP contribution in [0, 0.1) is 0 Å². The number of ketones is 1. The lowest BCUT2D eigenvalue weighted by Gasteiger charge is -2.45. The molecule has 2 rings (SSSR count). The summed E-state index contributed by atoms with van der Waals surface area (Å²) in [5.74, 6) is 0.437. The molecular formula is C17H26NO+. The molecule has 0 aliphatic carbocycles. The predicted molar refractivity (Wildman–Crippen MR) is 81.2 cm³/mol. The molecular weight excluding hydrogens is 234 g/mol. The summed E-state index contributed by atoms with van der Waals surface area (Å²) in [5, 5.41) is 0. The third kappa shape index (κ3) is 2.89. The number of rotatable bonds is 5. The van der Waals surface area contributed by atoms with Crippen molar-refractivity contribution in [1.82, 2.24) is 4.48 Å². The summed E-state index contributed by atoms with van der Waals surface area (Å²) in [6, 6.07) is 10.8. The maximum absolute atomic E-state index is 12.2. The molecule has 19 heavy (non-hydrogen) atoms. The number of nitrogens with zero attached hydrogens (tertiary/aromatic N) is 1. The fraction of sp³-hybridized carbons (Fsp3) is 0.588. The van der Waals surface area contributed by atoms with Gasteiger partial charge in [-0.1, -0.05) is 31.5 Å². The lowest BCUT2D eigenvalue weighted by Crippen LogP contribution is -2.62. The van der Waals surface area contributed by atoms with Gasteiger partial charge < -0.3 is 0 Å². The molecule has 104 valence electrons. The Bertz CT molecular complexity index is 415. The highest BCUT2D eigenvalue weighted by Crippen LogP contribution is 2.32. The summed E-state index contributed by atoms with van der Waals surface area (Å²) in [4.78, 5) is 12.2. The van der Waals surface area contributed by atoms with E-state index in [0.29, 0.717) is 5.78 Å². The molecule has 0 aromatic heterocycles. The fourth-order valence-electron chi connectivity index (χ4n) is 3.37. The molecule has 0 spiro atoms. The van der Waals surface area contributed by atoms with E-state index in [1.54, 1.807) is 0 Å². The summed E-state index contributed by atoms with van der Waals surface area (Å²) in [7, 11) is 0. The molecule has 1 aliphatic rings. The summed E-state index contributed by atoms with van der Waals surface area (Å²) in [5.41, 5.74) is 1.32. The number of carbonyl (C=O) groups is 1. The molecule has 2 atom stereocenters. The molecule has 2 heteroatoms. The van der Waals surface area contributed by atoms with E-state index in [9.17, 15) is 4.79 Å². The number of unbranched alkanes of at least 4 members (excludes halogenated alkanes) is 2. The van der Waals surface area contributed by atoms with E-state index in [4.69, 9.17) is 0 Å². The van der Waals surface area contributed by atoms with Crippen LogP contribution in [0.15, 0.2) is 30.3 Å². The number of carbonyl (C=O) groups excluding carboxylic acids is 1. The minimum absolute atomic E-state index is 0.119. The Morgan fingerprint density at radius 3 is 2.63 bits per heavy atom. The van der Waals surface area contributed by atoms with Crippen molar-refractivity contribution in [2.24, 2.45) is 0 Å². The lowest BCUT2D eigenvalue weighted by atomic mass is 9.95. The van der Waals surface area contributed by atoms with Gasteiger partial charge in [-0.3, -0.25) is 9.28 Å². The van der Waals surface area contributed by atoms with Crippen LogP contribution in [0.3, 0.4) is 0 Å². The van der Waals surface area contributed by atoms with Crippen molar-refractivity contribution in [3.05, 3.63) is 30.3 Å². The van der Waals surface area contributed by atoms with Gasteiger partial charge in [-0.2, -0.15) is 0 Å². The highest BCUT2D eigenvalue weighted by Gasteiger charge is 2.42. The van der Waals surface area contributed by atoms with Crippen LogP contribution in [-0.2, 0) is 4.79 Å². The zero-order valence-corrected chi connectivity index (χ0v) is 12.3. The van der Waals surface area contributed by atoms with Crippen LogP contribution in [0.25, 0.3) is 0 Å². The number of benzene rings is 1.